The number of nitrogens with one attached hydrogen (secondary N) is 1. The number of carboxylic acids is 2. The number of hydrogen-bond donors (Lipinski definition) is 4. The van der Waals surface area contributed by atoms with Gasteiger partial charge in [-0.1, -0.05) is 96.0 Å². The molecule has 5 N–H and O–H groups in total. The molecule has 44 heavy (non-hydrogen) atoms. The third-order valence-electron chi connectivity index (χ3n) is 10.5. The number of carboxylic acid groups (broad SMARTS) is 2. The first kappa shape index (κ1) is 32.5. The molecule has 0 aliphatic carbocycles. The average Bonchev–Trinajstić information content (AvgIpc) is 3.02. The number of hydrogen-bond acceptors (Lipinski definition) is 5. The minimum Gasteiger partial charge on any atom is -0.481 e. The topological polar surface area (TPSA) is 116 Å². The summed E-state index contributed by atoms with van der Waals surface area (Å²) in [4.78, 5) is 28.7. The molecule has 2 aliphatic rings. The predicted octanol–water partition coefficient (Wildman–Crippen LogP) is 6.38. The normalized spacial score (nSPS) is 28.8. The van der Waals surface area contributed by atoms with Crippen LogP contribution < -0.4 is 11.1 Å². The Hall–Kier alpha value is -2.94. The van der Waals surface area contributed by atoms with Gasteiger partial charge in [0, 0.05) is 17.4 Å². The zero-order valence-corrected chi connectivity index (χ0v) is 26.7. The fourth-order valence-electron chi connectivity index (χ4n) is 7.94. The van der Waals surface area contributed by atoms with Crippen molar-refractivity contribution in [2.75, 3.05) is 19.6 Å². The fraction of sp³-hybridized carbons (Fsp3) is 0.429. The maximum atomic E-state index is 13.4. The van der Waals surface area contributed by atoms with E-state index in [1.165, 1.54) is 18.1 Å². The Morgan fingerprint density at radius 1 is 0.909 bits per heavy atom. The Bertz CT molecular complexity index is 1440. The van der Waals surface area contributed by atoms with Crippen molar-refractivity contribution < 1.29 is 19.8 Å². The second-order valence-corrected chi connectivity index (χ2v) is 13.4. The largest absolute Gasteiger partial charge is 0.481 e. The Labute approximate surface area is 269 Å². The van der Waals surface area contributed by atoms with Crippen molar-refractivity contribution in [2.24, 2.45) is 16.6 Å². The molecular formula is C35H41Cl2N3O4. The minimum atomic E-state index is -1.67. The lowest BCUT2D eigenvalue weighted by atomic mass is 9.52. The van der Waals surface area contributed by atoms with E-state index in [1.54, 1.807) is 25.1 Å². The van der Waals surface area contributed by atoms with Crippen molar-refractivity contribution in [1.82, 2.24) is 10.2 Å². The molecular weight excluding hydrogens is 597 g/mol. The molecule has 2 heterocycles. The standard InChI is InChI=1S/C35H41Cl2N3O4/c1-23-35(32(43)44,29(26-15-9-16-27(36)28(26)37)33(2,31(41)42)30(38)39-23)17-10-20-40-21-18-34(19-22-40,24-11-5-3-6-12-24)25-13-7-4-8-14-25/h3-9,11-16,23,29-30,39H,10,17-22,38H2,1-2H3,(H,41,42)(H,43,44)/t23?,29-,30?,33?,35?/m0/s1. The highest BCUT2D eigenvalue weighted by Crippen LogP contribution is 2.58. The Morgan fingerprint density at radius 2 is 1.48 bits per heavy atom. The van der Waals surface area contributed by atoms with Crippen LogP contribution in [0.25, 0.3) is 0 Å². The van der Waals surface area contributed by atoms with Gasteiger partial charge in [0.05, 0.1) is 21.6 Å². The van der Waals surface area contributed by atoms with E-state index in [9.17, 15) is 19.8 Å². The molecule has 0 radical (unpaired) electrons. The number of halogens is 2. The van der Waals surface area contributed by atoms with Gasteiger partial charge in [-0.15, -0.1) is 0 Å². The molecule has 4 unspecified atom stereocenters. The van der Waals surface area contributed by atoms with Gasteiger partial charge in [-0.3, -0.25) is 14.9 Å². The van der Waals surface area contributed by atoms with E-state index < -0.39 is 40.9 Å². The second kappa shape index (κ2) is 12.8. The summed E-state index contributed by atoms with van der Waals surface area (Å²) in [5, 5.41) is 25.0. The highest BCUT2D eigenvalue weighted by atomic mass is 35.5. The molecule has 2 fully saturated rings. The van der Waals surface area contributed by atoms with Crippen LogP contribution in [0.2, 0.25) is 10.0 Å². The zero-order valence-electron chi connectivity index (χ0n) is 25.2. The summed E-state index contributed by atoms with van der Waals surface area (Å²) in [6.07, 6.45) is 1.67. The molecule has 234 valence electrons. The molecule has 3 aromatic carbocycles. The first-order chi connectivity index (χ1) is 21.0. The number of likely N-dealkylation sites (tertiary alicyclic amines) is 1. The van der Waals surface area contributed by atoms with Crippen molar-refractivity contribution in [1.29, 1.82) is 0 Å². The molecule has 2 aliphatic heterocycles. The molecule has 0 bridgehead atoms. The van der Waals surface area contributed by atoms with E-state index in [0.717, 1.165) is 25.9 Å². The molecule has 9 heteroatoms. The number of nitrogens with two attached hydrogens (primary N) is 1. The van der Waals surface area contributed by atoms with E-state index >= 15 is 0 Å². The molecule has 3 aromatic rings. The number of rotatable bonds is 9. The van der Waals surface area contributed by atoms with Gasteiger partial charge in [0.15, 0.2) is 0 Å². The summed E-state index contributed by atoms with van der Waals surface area (Å²) >= 11 is 13.1. The van der Waals surface area contributed by atoms with Crippen LogP contribution in [0.3, 0.4) is 0 Å². The Morgan fingerprint density at radius 3 is 2.00 bits per heavy atom. The van der Waals surface area contributed by atoms with Gasteiger partial charge < -0.3 is 20.8 Å². The fourth-order valence-corrected chi connectivity index (χ4v) is 8.36. The van der Waals surface area contributed by atoms with Crippen LogP contribution in [0, 0.1) is 10.8 Å². The SMILES string of the molecule is CC1NC(N)C(C)(C(=O)O)[C@H](c2cccc(Cl)c2Cl)C1(CCCN1CCC(c2ccccc2)(c2ccccc2)CC1)C(=O)O. The van der Waals surface area contributed by atoms with E-state index in [-0.39, 0.29) is 21.9 Å². The molecule has 5 rings (SSSR count). The van der Waals surface area contributed by atoms with Crippen LogP contribution in [0.4, 0.5) is 0 Å². The lowest BCUT2D eigenvalue weighted by Gasteiger charge is -2.56. The predicted molar refractivity (Wildman–Crippen MR) is 174 cm³/mol. The molecule has 5 atom stereocenters. The lowest BCUT2D eigenvalue weighted by molar-refractivity contribution is -0.172. The maximum Gasteiger partial charge on any atom is 0.312 e. The molecule has 0 amide bonds. The molecule has 0 spiro atoms. The molecule has 2 saturated heterocycles. The Balaban J connectivity index is 1.41. The summed E-state index contributed by atoms with van der Waals surface area (Å²) in [6.45, 7) is 5.69. The molecule has 0 saturated carbocycles. The number of aliphatic carboxylic acids is 2. The molecule has 0 aromatic heterocycles. The third kappa shape index (κ3) is 5.43. The van der Waals surface area contributed by atoms with Crippen molar-refractivity contribution in [3.63, 3.8) is 0 Å². The van der Waals surface area contributed by atoms with Gasteiger partial charge in [-0.2, -0.15) is 0 Å². The van der Waals surface area contributed by atoms with Crippen LogP contribution in [0.5, 0.6) is 0 Å². The van der Waals surface area contributed by atoms with Gasteiger partial charge >= 0.3 is 11.9 Å². The third-order valence-corrected chi connectivity index (χ3v) is 11.4. The van der Waals surface area contributed by atoms with Crippen LogP contribution >= 0.6 is 23.2 Å². The summed E-state index contributed by atoms with van der Waals surface area (Å²) in [5.74, 6) is -3.30. The smallest absolute Gasteiger partial charge is 0.312 e. The van der Waals surface area contributed by atoms with Gasteiger partial charge in [0.25, 0.3) is 0 Å². The lowest BCUT2D eigenvalue weighted by Crippen LogP contribution is -2.72. The quantitative estimate of drug-likeness (QED) is 0.215. The summed E-state index contributed by atoms with van der Waals surface area (Å²) in [6, 6.07) is 25.6. The van der Waals surface area contributed by atoms with Crippen molar-refractivity contribution in [3.8, 4) is 0 Å². The van der Waals surface area contributed by atoms with Crippen LogP contribution in [0.1, 0.15) is 62.1 Å². The second-order valence-electron chi connectivity index (χ2n) is 12.6. The summed E-state index contributed by atoms with van der Waals surface area (Å²) in [7, 11) is 0. The van der Waals surface area contributed by atoms with E-state index in [1.807, 2.05) is 12.1 Å². The number of carbonyl (C=O) groups is 2. The van der Waals surface area contributed by atoms with Crippen molar-refractivity contribution >= 4 is 35.1 Å². The summed E-state index contributed by atoms with van der Waals surface area (Å²) < 4.78 is 0. The maximum absolute atomic E-state index is 13.4. The van der Waals surface area contributed by atoms with Gasteiger partial charge in [-0.25, -0.2) is 0 Å². The highest BCUT2D eigenvalue weighted by Gasteiger charge is 2.65. The van der Waals surface area contributed by atoms with Crippen LogP contribution in [0.15, 0.2) is 78.9 Å². The van der Waals surface area contributed by atoms with E-state index in [2.05, 4.69) is 58.7 Å². The first-order valence-electron chi connectivity index (χ1n) is 15.2. The van der Waals surface area contributed by atoms with Crippen LogP contribution in [-0.2, 0) is 15.0 Å². The summed E-state index contributed by atoms with van der Waals surface area (Å²) in [5.41, 5.74) is 6.18. The first-order valence-corrected chi connectivity index (χ1v) is 16.0. The van der Waals surface area contributed by atoms with E-state index in [4.69, 9.17) is 28.9 Å². The number of nitrogens with zero attached hydrogens (tertiary/aromatic N) is 1. The number of piperidine rings is 2. The molecule has 7 nitrogen and oxygen atoms in total. The van der Waals surface area contributed by atoms with Gasteiger partial charge in [-0.05, 0) is 81.9 Å². The zero-order chi connectivity index (χ0) is 31.7. The monoisotopic (exact) mass is 637 g/mol. The minimum absolute atomic E-state index is 0.0863. The Kier molecular flexibility index (Phi) is 9.45. The van der Waals surface area contributed by atoms with Crippen LogP contribution in [-0.4, -0.2) is 58.9 Å². The number of benzene rings is 3. The van der Waals surface area contributed by atoms with E-state index in [0.29, 0.717) is 18.5 Å². The van der Waals surface area contributed by atoms with Gasteiger partial charge in [0.1, 0.15) is 5.41 Å². The average molecular weight is 639 g/mol. The van der Waals surface area contributed by atoms with Crippen molar-refractivity contribution in [2.45, 2.75) is 63.1 Å². The van der Waals surface area contributed by atoms with Gasteiger partial charge in [0.2, 0.25) is 0 Å². The van der Waals surface area contributed by atoms with Crippen molar-refractivity contribution in [3.05, 3.63) is 106 Å². The highest BCUT2D eigenvalue weighted by molar-refractivity contribution is 6.42.